The molecule has 0 spiro atoms. The molecule has 0 unspecified atom stereocenters. The molecule has 25 heavy (non-hydrogen) atoms. The molecule has 10 heteroatoms. The highest BCUT2D eigenvalue weighted by Gasteiger charge is 2.28. The first-order valence-corrected chi connectivity index (χ1v) is 8.74. The monoisotopic (exact) mass is 371 g/mol. The van der Waals surface area contributed by atoms with Crippen LogP contribution in [0.2, 0.25) is 0 Å². The number of thioether (sulfide) groups is 1. The van der Waals surface area contributed by atoms with Gasteiger partial charge in [-0.2, -0.15) is 11.8 Å². The van der Waals surface area contributed by atoms with Gasteiger partial charge in [-0.05, 0) is 0 Å². The number of amides is 2. The minimum absolute atomic E-state index is 0.0606. The van der Waals surface area contributed by atoms with Crippen LogP contribution >= 0.6 is 11.8 Å². The SMILES string of the molecule is CC(C)(C)SC[C@H](NC(=O)CN)C(=O)N[C@@H](Cc1cnc[nH]1)C(=O)O. The number of aromatic nitrogens is 2. The van der Waals surface area contributed by atoms with Crippen molar-refractivity contribution in [2.75, 3.05) is 12.3 Å². The molecule has 0 saturated heterocycles. The van der Waals surface area contributed by atoms with Crippen LogP contribution in [0.3, 0.4) is 0 Å². The average molecular weight is 371 g/mol. The van der Waals surface area contributed by atoms with Crippen molar-refractivity contribution in [1.29, 1.82) is 0 Å². The van der Waals surface area contributed by atoms with Gasteiger partial charge in [0.15, 0.2) is 0 Å². The van der Waals surface area contributed by atoms with Gasteiger partial charge in [0.2, 0.25) is 11.8 Å². The molecular weight excluding hydrogens is 346 g/mol. The summed E-state index contributed by atoms with van der Waals surface area (Å²) in [6.07, 6.45) is 2.98. The third-order valence-corrected chi connectivity index (χ3v) is 4.48. The fraction of sp³-hybridized carbons (Fsp3) is 0.600. The molecule has 2 amide bonds. The number of aliphatic carboxylic acids is 1. The summed E-state index contributed by atoms with van der Waals surface area (Å²) in [6, 6.07) is -2.01. The van der Waals surface area contributed by atoms with E-state index in [0.717, 1.165) is 0 Å². The number of H-pyrrole nitrogens is 1. The lowest BCUT2D eigenvalue weighted by atomic mass is 10.1. The number of hydrogen-bond donors (Lipinski definition) is 5. The van der Waals surface area contributed by atoms with E-state index in [1.165, 1.54) is 24.3 Å². The van der Waals surface area contributed by atoms with Crippen molar-refractivity contribution in [1.82, 2.24) is 20.6 Å². The topological polar surface area (TPSA) is 150 Å². The third-order valence-electron chi connectivity index (χ3n) is 3.11. The van der Waals surface area contributed by atoms with Crippen LogP contribution in [0.1, 0.15) is 26.5 Å². The van der Waals surface area contributed by atoms with Gasteiger partial charge in [0.25, 0.3) is 0 Å². The number of carbonyl (C=O) groups is 3. The van der Waals surface area contributed by atoms with E-state index in [-0.39, 0.29) is 17.7 Å². The Kier molecular flexibility index (Phi) is 7.91. The lowest BCUT2D eigenvalue weighted by Gasteiger charge is -2.24. The quantitative estimate of drug-likeness (QED) is 0.392. The molecule has 0 aliphatic carbocycles. The van der Waals surface area contributed by atoms with Crippen LogP contribution in [-0.4, -0.2) is 62.0 Å². The van der Waals surface area contributed by atoms with Crippen LogP contribution in [0.15, 0.2) is 12.5 Å². The zero-order valence-electron chi connectivity index (χ0n) is 14.5. The number of rotatable bonds is 9. The van der Waals surface area contributed by atoms with Gasteiger partial charge >= 0.3 is 5.97 Å². The molecule has 1 rings (SSSR count). The molecule has 140 valence electrons. The van der Waals surface area contributed by atoms with Crippen molar-refractivity contribution in [3.05, 3.63) is 18.2 Å². The maximum absolute atomic E-state index is 12.5. The number of carboxylic acid groups (broad SMARTS) is 1. The van der Waals surface area contributed by atoms with Crippen LogP contribution in [0, 0.1) is 0 Å². The van der Waals surface area contributed by atoms with Gasteiger partial charge in [-0.3, -0.25) is 9.59 Å². The first-order chi connectivity index (χ1) is 11.6. The van der Waals surface area contributed by atoms with E-state index in [1.807, 2.05) is 20.8 Å². The Bertz CT molecular complexity index is 585. The summed E-state index contributed by atoms with van der Waals surface area (Å²) in [7, 11) is 0. The van der Waals surface area contributed by atoms with Crippen LogP contribution in [0.5, 0.6) is 0 Å². The number of aromatic amines is 1. The van der Waals surface area contributed by atoms with Crippen molar-refractivity contribution < 1.29 is 19.5 Å². The van der Waals surface area contributed by atoms with E-state index in [2.05, 4.69) is 20.6 Å². The predicted octanol–water partition coefficient (Wildman–Crippen LogP) is -0.503. The lowest BCUT2D eigenvalue weighted by Crippen LogP contribution is -2.54. The molecule has 0 aliphatic heterocycles. The molecule has 1 aromatic rings. The van der Waals surface area contributed by atoms with E-state index in [0.29, 0.717) is 11.4 Å². The van der Waals surface area contributed by atoms with Crippen LogP contribution in [0.4, 0.5) is 0 Å². The Hall–Kier alpha value is -2.07. The van der Waals surface area contributed by atoms with Gasteiger partial charge < -0.3 is 26.5 Å². The number of nitrogens with zero attached hydrogens (tertiary/aromatic N) is 1. The summed E-state index contributed by atoms with van der Waals surface area (Å²) in [5.41, 5.74) is 5.87. The summed E-state index contributed by atoms with van der Waals surface area (Å²) < 4.78 is -0.117. The highest BCUT2D eigenvalue weighted by molar-refractivity contribution is 8.00. The summed E-state index contributed by atoms with van der Waals surface area (Å²) in [6.45, 7) is 5.70. The van der Waals surface area contributed by atoms with Crippen LogP contribution < -0.4 is 16.4 Å². The number of hydrogen-bond acceptors (Lipinski definition) is 6. The fourth-order valence-electron chi connectivity index (χ4n) is 1.86. The number of nitrogens with one attached hydrogen (secondary N) is 3. The van der Waals surface area contributed by atoms with Gasteiger partial charge in [-0.15, -0.1) is 0 Å². The molecule has 0 aliphatic rings. The number of carbonyl (C=O) groups excluding carboxylic acids is 2. The highest BCUT2D eigenvalue weighted by atomic mass is 32.2. The number of carboxylic acids is 1. The average Bonchev–Trinajstić information content (AvgIpc) is 3.02. The molecule has 9 nitrogen and oxygen atoms in total. The second-order valence-electron chi connectivity index (χ2n) is 6.43. The first kappa shape index (κ1) is 21.0. The Morgan fingerprint density at radius 1 is 1.32 bits per heavy atom. The minimum Gasteiger partial charge on any atom is -0.480 e. The maximum Gasteiger partial charge on any atom is 0.326 e. The lowest BCUT2D eigenvalue weighted by molar-refractivity contribution is -0.142. The molecule has 6 N–H and O–H groups in total. The molecular formula is C15H25N5O4S. The number of imidazole rings is 1. The zero-order valence-corrected chi connectivity index (χ0v) is 15.4. The van der Waals surface area contributed by atoms with Gasteiger partial charge in [-0.25, -0.2) is 9.78 Å². The van der Waals surface area contributed by atoms with E-state index in [4.69, 9.17) is 5.73 Å². The predicted molar refractivity (Wildman–Crippen MR) is 95.1 cm³/mol. The second-order valence-corrected chi connectivity index (χ2v) is 8.27. The molecule has 1 aromatic heterocycles. The first-order valence-electron chi connectivity index (χ1n) is 7.76. The maximum atomic E-state index is 12.5. The Morgan fingerprint density at radius 3 is 2.48 bits per heavy atom. The zero-order chi connectivity index (χ0) is 19.0. The smallest absolute Gasteiger partial charge is 0.326 e. The normalized spacial score (nSPS) is 13.8. The van der Waals surface area contributed by atoms with Gasteiger partial charge in [0.1, 0.15) is 12.1 Å². The molecule has 0 fully saturated rings. The summed E-state index contributed by atoms with van der Waals surface area (Å²) in [5.74, 6) is -1.91. The van der Waals surface area contributed by atoms with E-state index in [9.17, 15) is 19.5 Å². The third kappa shape index (κ3) is 8.03. The Morgan fingerprint density at radius 2 is 2.00 bits per heavy atom. The molecule has 0 saturated carbocycles. The standard InChI is InChI=1S/C15H25N5O4S/c1-15(2,3)25-7-11(19-12(21)5-16)13(22)20-10(14(23)24)4-9-6-17-8-18-9/h6,8,10-11H,4-5,7,16H2,1-3H3,(H,17,18)(H,19,21)(H,20,22)(H,23,24)/t10-,11-/m0/s1. The number of nitrogens with two attached hydrogens (primary N) is 1. The van der Waals surface area contributed by atoms with Crippen molar-refractivity contribution in [2.24, 2.45) is 5.73 Å². The Labute approximate surface area is 150 Å². The molecule has 0 aromatic carbocycles. The van der Waals surface area contributed by atoms with E-state index < -0.39 is 29.9 Å². The van der Waals surface area contributed by atoms with E-state index >= 15 is 0 Å². The van der Waals surface area contributed by atoms with Gasteiger partial charge in [-0.1, -0.05) is 20.8 Å². The summed E-state index contributed by atoms with van der Waals surface area (Å²) in [5, 5.41) is 14.3. The van der Waals surface area contributed by atoms with Crippen LogP contribution in [0.25, 0.3) is 0 Å². The summed E-state index contributed by atoms with van der Waals surface area (Å²) in [4.78, 5) is 42.1. The van der Waals surface area contributed by atoms with E-state index in [1.54, 1.807) is 0 Å². The molecule has 0 bridgehead atoms. The van der Waals surface area contributed by atoms with Gasteiger partial charge in [0, 0.05) is 28.8 Å². The van der Waals surface area contributed by atoms with Crippen molar-refractivity contribution >= 4 is 29.5 Å². The molecule has 0 radical (unpaired) electrons. The van der Waals surface area contributed by atoms with Crippen LogP contribution in [-0.2, 0) is 20.8 Å². The molecule has 1 heterocycles. The summed E-state index contributed by atoms with van der Waals surface area (Å²) >= 11 is 1.48. The Balaban J connectivity index is 2.78. The fourth-order valence-corrected chi connectivity index (χ4v) is 2.76. The van der Waals surface area contributed by atoms with Crippen molar-refractivity contribution in [3.8, 4) is 0 Å². The largest absolute Gasteiger partial charge is 0.480 e. The second kappa shape index (κ2) is 9.42. The van der Waals surface area contributed by atoms with Crippen molar-refractivity contribution in [3.63, 3.8) is 0 Å². The molecule has 2 atom stereocenters. The van der Waals surface area contributed by atoms with Crippen molar-refractivity contribution in [2.45, 2.75) is 44.0 Å². The minimum atomic E-state index is -1.17. The van der Waals surface area contributed by atoms with Gasteiger partial charge in [0.05, 0.1) is 12.9 Å². The highest BCUT2D eigenvalue weighted by Crippen LogP contribution is 2.23.